The van der Waals surface area contributed by atoms with Crippen LogP contribution in [0.1, 0.15) is 28.8 Å². The van der Waals surface area contributed by atoms with Gasteiger partial charge in [0.25, 0.3) is 0 Å². The van der Waals surface area contributed by atoms with Crippen molar-refractivity contribution < 1.29 is 14.3 Å². The van der Waals surface area contributed by atoms with Gasteiger partial charge in [0.15, 0.2) is 0 Å². The fourth-order valence-electron chi connectivity index (χ4n) is 3.93. The first-order valence-corrected chi connectivity index (χ1v) is 10.8. The van der Waals surface area contributed by atoms with Crippen LogP contribution >= 0.6 is 0 Å². The maximum Gasteiger partial charge on any atom is 0.245 e. The molecular formula is C22H28N8O3. The lowest BCUT2D eigenvalue weighted by molar-refractivity contribution is -0.135. The maximum atomic E-state index is 12.8. The van der Waals surface area contributed by atoms with Gasteiger partial charge >= 0.3 is 0 Å². The van der Waals surface area contributed by atoms with Gasteiger partial charge in [-0.05, 0) is 12.5 Å². The predicted octanol–water partition coefficient (Wildman–Crippen LogP) is 0.113. The first-order chi connectivity index (χ1) is 15.9. The van der Waals surface area contributed by atoms with Crippen LogP contribution in [0.4, 0.5) is 11.8 Å². The zero-order valence-corrected chi connectivity index (χ0v) is 18.5. The number of anilines is 2. The summed E-state index contributed by atoms with van der Waals surface area (Å²) in [4.78, 5) is 36.9. The maximum absolute atomic E-state index is 12.8. The minimum absolute atomic E-state index is 0.200. The number of nitrogens with one attached hydrogen (secondary N) is 1. The fourth-order valence-corrected chi connectivity index (χ4v) is 3.93. The van der Waals surface area contributed by atoms with Crippen LogP contribution in [0.25, 0.3) is 0 Å². The van der Waals surface area contributed by atoms with Gasteiger partial charge in [-0.15, -0.1) is 0 Å². The number of nitrogens with two attached hydrogens (primary N) is 2. The van der Waals surface area contributed by atoms with Crippen LogP contribution in [0.3, 0.4) is 0 Å². The van der Waals surface area contributed by atoms with Crippen LogP contribution in [0.15, 0.2) is 29.4 Å². The second kappa shape index (κ2) is 9.92. The minimum atomic E-state index is -0.979. The molecule has 1 atom stereocenters. The number of nitrogens with zero attached hydrogens (tertiary/aromatic N) is 5. The molecule has 33 heavy (non-hydrogen) atoms. The van der Waals surface area contributed by atoms with Gasteiger partial charge in [-0.2, -0.15) is 10.1 Å². The number of benzene rings is 1. The Labute approximate surface area is 191 Å². The molecule has 0 saturated carbocycles. The van der Waals surface area contributed by atoms with E-state index in [2.05, 4.69) is 20.4 Å². The topological polar surface area (TPSA) is 152 Å². The first-order valence-electron chi connectivity index (χ1n) is 10.8. The minimum Gasteiger partial charge on any atom is -0.378 e. The second-order valence-corrected chi connectivity index (χ2v) is 8.15. The zero-order chi connectivity index (χ0) is 23.4. The van der Waals surface area contributed by atoms with Crippen molar-refractivity contribution in [3.8, 4) is 0 Å². The third kappa shape index (κ3) is 5.44. The summed E-state index contributed by atoms with van der Waals surface area (Å²) in [5, 5.41) is 4.28. The van der Waals surface area contributed by atoms with Crippen LogP contribution in [-0.2, 0) is 27.4 Å². The molecule has 0 bridgehead atoms. The van der Waals surface area contributed by atoms with Gasteiger partial charge in [-0.1, -0.05) is 29.8 Å². The number of hydrogen-bond acceptors (Lipinski definition) is 9. The second-order valence-electron chi connectivity index (χ2n) is 8.15. The molecular weight excluding hydrogens is 424 g/mol. The Balaban J connectivity index is 1.57. The molecule has 2 aromatic rings. The quantitative estimate of drug-likeness (QED) is 0.395. The van der Waals surface area contributed by atoms with E-state index >= 15 is 0 Å². The summed E-state index contributed by atoms with van der Waals surface area (Å²) in [7, 11) is 0. The van der Waals surface area contributed by atoms with E-state index < -0.39 is 11.9 Å². The summed E-state index contributed by atoms with van der Waals surface area (Å²) in [6.07, 6.45) is 1.50. The van der Waals surface area contributed by atoms with Crippen LogP contribution in [0, 0.1) is 6.92 Å². The van der Waals surface area contributed by atoms with E-state index in [0.29, 0.717) is 38.8 Å². The third-order valence-corrected chi connectivity index (χ3v) is 5.54. The Hall–Kier alpha value is -3.57. The van der Waals surface area contributed by atoms with E-state index in [9.17, 15) is 9.59 Å². The predicted molar refractivity (Wildman–Crippen MR) is 124 cm³/mol. The highest BCUT2D eigenvalue weighted by atomic mass is 16.5. The first kappa shape index (κ1) is 22.6. The number of hydrogen-bond donors (Lipinski definition) is 3. The lowest BCUT2D eigenvalue weighted by Crippen LogP contribution is -2.43. The van der Waals surface area contributed by atoms with Crippen molar-refractivity contribution in [1.29, 1.82) is 0 Å². The molecule has 3 heterocycles. The molecule has 1 aromatic heterocycles. The lowest BCUT2D eigenvalue weighted by Gasteiger charge is -2.29. The SMILES string of the molecule is Cc1cccc(/C=N/Nc2nc3c(c(N4CCOCC4)n2)CN(C(=O)[C@H](N)CC(N)=O)C3)c1. The summed E-state index contributed by atoms with van der Waals surface area (Å²) in [6.45, 7) is 5.18. The molecule has 0 spiro atoms. The number of rotatable bonds is 7. The smallest absolute Gasteiger partial charge is 0.245 e. The van der Waals surface area contributed by atoms with Gasteiger partial charge in [0.1, 0.15) is 5.82 Å². The Morgan fingerprint density at radius 1 is 1.27 bits per heavy atom. The van der Waals surface area contributed by atoms with Crippen molar-refractivity contribution in [3.63, 3.8) is 0 Å². The van der Waals surface area contributed by atoms with Gasteiger partial charge in [-0.25, -0.2) is 10.4 Å². The molecule has 4 rings (SSSR count). The standard InChI is InChI=1S/C22H28N8O3/c1-14-3-2-4-15(9-14)11-25-28-22-26-18-13-30(21(32)17(23)10-19(24)31)12-16(18)20(27-22)29-5-7-33-8-6-29/h2-4,9,11,17H,5-8,10,12-13,23H2,1H3,(H2,24,31)(H,26,27,28)/b25-11+/t17-/m1/s1. The average Bonchev–Trinajstić information content (AvgIpc) is 3.22. The summed E-state index contributed by atoms with van der Waals surface area (Å²) in [5.74, 6) is 0.135. The normalized spacial score (nSPS) is 16.7. The zero-order valence-electron chi connectivity index (χ0n) is 18.5. The van der Waals surface area contributed by atoms with Crippen molar-refractivity contribution in [3.05, 3.63) is 46.6 Å². The fraction of sp³-hybridized carbons (Fsp3) is 0.409. The molecule has 11 nitrogen and oxygen atoms in total. The van der Waals surface area contributed by atoms with Crippen molar-refractivity contribution in [1.82, 2.24) is 14.9 Å². The average molecular weight is 453 g/mol. The van der Waals surface area contributed by atoms with Crippen molar-refractivity contribution in [2.24, 2.45) is 16.6 Å². The van der Waals surface area contributed by atoms with E-state index in [-0.39, 0.29) is 18.9 Å². The number of aryl methyl sites for hydroxylation is 1. The van der Waals surface area contributed by atoms with E-state index in [0.717, 1.165) is 28.2 Å². The molecule has 0 unspecified atom stereocenters. The van der Waals surface area contributed by atoms with E-state index in [1.165, 1.54) is 0 Å². The van der Waals surface area contributed by atoms with E-state index in [1.807, 2.05) is 31.2 Å². The van der Waals surface area contributed by atoms with Crippen LogP contribution in [0.2, 0.25) is 0 Å². The largest absolute Gasteiger partial charge is 0.378 e. The van der Waals surface area contributed by atoms with Crippen molar-refractivity contribution in [2.45, 2.75) is 32.5 Å². The number of fused-ring (bicyclic) bond motifs is 1. The van der Waals surface area contributed by atoms with Crippen LogP contribution < -0.4 is 21.8 Å². The molecule has 1 aromatic carbocycles. The number of morpholine rings is 1. The van der Waals surface area contributed by atoms with Crippen LogP contribution in [0.5, 0.6) is 0 Å². The Kier molecular flexibility index (Phi) is 6.80. The monoisotopic (exact) mass is 452 g/mol. The van der Waals surface area contributed by atoms with Crippen LogP contribution in [-0.4, -0.2) is 65.2 Å². The Morgan fingerprint density at radius 2 is 2.06 bits per heavy atom. The number of carbonyl (C=O) groups excluding carboxylic acids is 2. The third-order valence-electron chi connectivity index (χ3n) is 5.54. The Bertz CT molecular complexity index is 1070. The van der Waals surface area contributed by atoms with Crippen molar-refractivity contribution in [2.75, 3.05) is 36.6 Å². The molecule has 174 valence electrons. The van der Waals surface area contributed by atoms with E-state index in [1.54, 1.807) is 11.1 Å². The molecule has 0 aliphatic carbocycles. The molecule has 2 aliphatic heterocycles. The number of aromatic nitrogens is 2. The molecule has 1 saturated heterocycles. The highest BCUT2D eigenvalue weighted by Crippen LogP contribution is 2.31. The van der Waals surface area contributed by atoms with Gasteiger partial charge in [0, 0.05) is 18.7 Å². The molecule has 5 N–H and O–H groups in total. The molecule has 2 aliphatic rings. The lowest BCUT2D eigenvalue weighted by atomic mass is 10.2. The molecule has 0 radical (unpaired) electrons. The van der Waals surface area contributed by atoms with E-state index in [4.69, 9.17) is 21.2 Å². The highest BCUT2D eigenvalue weighted by Gasteiger charge is 2.33. The summed E-state index contributed by atoms with van der Waals surface area (Å²) in [5.41, 5.74) is 17.7. The summed E-state index contributed by atoms with van der Waals surface area (Å²) >= 11 is 0. The van der Waals surface area contributed by atoms with Gasteiger partial charge in [0.2, 0.25) is 17.8 Å². The molecule has 2 amide bonds. The number of primary amides is 1. The summed E-state index contributed by atoms with van der Waals surface area (Å²) < 4.78 is 5.47. The molecule has 11 heteroatoms. The number of carbonyl (C=O) groups is 2. The van der Waals surface area contributed by atoms with Crippen molar-refractivity contribution >= 4 is 29.8 Å². The number of hydrazone groups is 1. The Morgan fingerprint density at radius 3 is 2.79 bits per heavy atom. The van der Waals surface area contributed by atoms with Gasteiger partial charge < -0.3 is 26.0 Å². The number of ether oxygens (including phenoxy) is 1. The van der Waals surface area contributed by atoms with Gasteiger partial charge in [0.05, 0.1) is 50.7 Å². The highest BCUT2D eigenvalue weighted by molar-refractivity contribution is 5.88. The summed E-state index contributed by atoms with van der Waals surface area (Å²) in [6, 6.07) is 6.99. The molecule has 1 fully saturated rings. The number of amides is 2. The van der Waals surface area contributed by atoms with Gasteiger partial charge in [-0.3, -0.25) is 9.59 Å².